The molecule has 104 valence electrons. The average Bonchev–Trinajstić information content (AvgIpc) is 2.66. The lowest BCUT2D eigenvalue weighted by Crippen LogP contribution is -3.05. The molecule has 5 heteroatoms. The van der Waals surface area contributed by atoms with E-state index in [1.54, 1.807) is 4.90 Å². The number of amides is 2. The first-order valence-electron chi connectivity index (χ1n) is 6.78. The zero-order valence-electron chi connectivity index (χ0n) is 12.0. The molecular formula is C13H26N3O2+. The molecule has 0 saturated carbocycles. The van der Waals surface area contributed by atoms with Gasteiger partial charge in [-0.1, -0.05) is 0 Å². The van der Waals surface area contributed by atoms with E-state index in [1.165, 1.54) is 4.90 Å². The molecule has 0 bridgehead atoms. The van der Waals surface area contributed by atoms with Crippen molar-refractivity contribution in [3.8, 4) is 0 Å². The van der Waals surface area contributed by atoms with Crippen LogP contribution in [0.4, 0.5) is 0 Å². The molecule has 1 aliphatic rings. The van der Waals surface area contributed by atoms with Crippen LogP contribution in [0.15, 0.2) is 0 Å². The molecule has 1 heterocycles. The van der Waals surface area contributed by atoms with Crippen LogP contribution in [0.3, 0.4) is 0 Å². The summed E-state index contributed by atoms with van der Waals surface area (Å²) in [5.74, 6) is -0.0326. The van der Waals surface area contributed by atoms with Gasteiger partial charge >= 0.3 is 0 Å². The molecule has 1 rings (SSSR count). The number of hydrogen-bond acceptors (Lipinski definition) is 2. The van der Waals surface area contributed by atoms with E-state index in [0.29, 0.717) is 19.5 Å². The molecular weight excluding hydrogens is 230 g/mol. The number of carbonyl (C=O) groups is 2. The third kappa shape index (κ3) is 4.29. The Morgan fingerprint density at radius 3 is 2.67 bits per heavy atom. The molecule has 0 radical (unpaired) electrons. The molecule has 1 atom stereocenters. The van der Waals surface area contributed by atoms with Crippen molar-refractivity contribution in [1.29, 1.82) is 0 Å². The third-order valence-corrected chi connectivity index (χ3v) is 3.31. The maximum atomic E-state index is 11.9. The van der Waals surface area contributed by atoms with Crippen molar-refractivity contribution in [3.05, 3.63) is 0 Å². The number of carbonyl (C=O) groups excluding carboxylic acids is 2. The standard InChI is InChI=1S/C13H25N3O2/c1-10(2)16-9-11(8-12(16)17)13(18)14-6-5-7-15(3)4/h10-11H,5-9H2,1-4H3,(H,14,18)/p+1/t11-/m1/s1. The highest BCUT2D eigenvalue weighted by molar-refractivity contribution is 5.89. The zero-order chi connectivity index (χ0) is 13.7. The number of quaternary nitrogens is 1. The number of likely N-dealkylation sites (tertiary alicyclic amines) is 1. The van der Waals surface area contributed by atoms with Gasteiger partial charge in [0.2, 0.25) is 11.8 Å². The average molecular weight is 256 g/mol. The third-order valence-electron chi connectivity index (χ3n) is 3.31. The highest BCUT2D eigenvalue weighted by Gasteiger charge is 2.35. The van der Waals surface area contributed by atoms with Gasteiger partial charge in [-0.25, -0.2) is 0 Å². The summed E-state index contributed by atoms with van der Waals surface area (Å²) in [5, 5.41) is 2.93. The van der Waals surface area contributed by atoms with Crippen LogP contribution < -0.4 is 10.2 Å². The Bertz CT molecular complexity index is 303. The Hall–Kier alpha value is -1.10. The van der Waals surface area contributed by atoms with Crippen LogP contribution in [0, 0.1) is 5.92 Å². The first-order chi connectivity index (χ1) is 8.41. The van der Waals surface area contributed by atoms with Gasteiger partial charge in [0.05, 0.1) is 26.6 Å². The second-order valence-corrected chi connectivity index (χ2v) is 5.64. The van der Waals surface area contributed by atoms with Gasteiger partial charge in [0.1, 0.15) is 0 Å². The molecule has 2 amide bonds. The van der Waals surface area contributed by atoms with Gasteiger partial charge in [-0.3, -0.25) is 9.59 Å². The summed E-state index contributed by atoms with van der Waals surface area (Å²) >= 11 is 0. The molecule has 1 saturated heterocycles. The monoisotopic (exact) mass is 256 g/mol. The van der Waals surface area contributed by atoms with Gasteiger partial charge < -0.3 is 15.1 Å². The largest absolute Gasteiger partial charge is 0.356 e. The van der Waals surface area contributed by atoms with Gasteiger partial charge in [0.25, 0.3) is 0 Å². The zero-order valence-corrected chi connectivity index (χ0v) is 12.0. The minimum absolute atomic E-state index is 0.0280. The topological polar surface area (TPSA) is 53.9 Å². The fourth-order valence-electron chi connectivity index (χ4n) is 2.20. The van der Waals surface area contributed by atoms with Crippen LogP contribution in [-0.4, -0.2) is 56.5 Å². The van der Waals surface area contributed by atoms with Crippen molar-refractivity contribution in [3.63, 3.8) is 0 Å². The summed E-state index contributed by atoms with van der Waals surface area (Å²) in [5.41, 5.74) is 0. The molecule has 18 heavy (non-hydrogen) atoms. The van der Waals surface area contributed by atoms with E-state index in [4.69, 9.17) is 0 Å². The Kier molecular flexibility index (Phi) is 5.59. The maximum absolute atomic E-state index is 11.9. The van der Waals surface area contributed by atoms with Gasteiger partial charge in [-0.15, -0.1) is 0 Å². The number of hydrogen-bond donors (Lipinski definition) is 2. The van der Waals surface area contributed by atoms with Crippen molar-refractivity contribution >= 4 is 11.8 Å². The highest BCUT2D eigenvalue weighted by Crippen LogP contribution is 2.19. The lowest BCUT2D eigenvalue weighted by Gasteiger charge is -2.20. The second-order valence-electron chi connectivity index (χ2n) is 5.64. The normalized spacial score (nSPS) is 20.0. The van der Waals surface area contributed by atoms with E-state index < -0.39 is 0 Å². The first-order valence-corrected chi connectivity index (χ1v) is 6.78. The molecule has 1 aliphatic heterocycles. The minimum Gasteiger partial charge on any atom is -0.356 e. The fraction of sp³-hybridized carbons (Fsp3) is 0.846. The molecule has 0 aromatic carbocycles. The van der Waals surface area contributed by atoms with Gasteiger partial charge in [0, 0.05) is 32.0 Å². The van der Waals surface area contributed by atoms with Gasteiger partial charge in [-0.05, 0) is 13.8 Å². The van der Waals surface area contributed by atoms with Crippen LogP contribution >= 0.6 is 0 Å². The van der Waals surface area contributed by atoms with Crippen molar-refractivity contribution in [2.45, 2.75) is 32.7 Å². The lowest BCUT2D eigenvalue weighted by atomic mass is 10.1. The molecule has 1 fully saturated rings. The number of nitrogens with one attached hydrogen (secondary N) is 2. The quantitative estimate of drug-likeness (QED) is 0.592. The van der Waals surface area contributed by atoms with E-state index in [-0.39, 0.29) is 23.8 Å². The lowest BCUT2D eigenvalue weighted by molar-refractivity contribution is -0.858. The molecule has 0 aliphatic carbocycles. The number of rotatable bonds is 6. The molecule has 0 aromatic rings. The van der Waals surface area contributed by atoms with E-state index in [9.17, 15) is 9.59 Å². The highest BCUT2D eigenvalue weighted by atomic mass is 16.2. The Morgan fingerprint density at radius 2 is 2.17 bits per heavy atom. The minimum atomic E-state index is -0.161. The van der Waals surface area contributed by atoms with Gasteiger partial charge in [-0.2, -0.15) is 0 Å². The Balaban J connectivity index is 2.29. The summed E-state index contributed by atoms with van der Waals surface area (Å²) in [7, 11) is 4.19. The molecule has 0 aromatic heterocycles. The second kappa shape index (κ2) is 6.73. The van der Waals surface area contributed by atoms with E-state index in [2.05, 4.69) is 19.4 Å². The molecule has 2 N–H and O–H groups in total. The fourth-order valence-corrected chi connectivity index (χ4v) is 2.20. The summed E-state index contributed by atoms with van der Waals surface area (Å²) < 4.78 is 0. The van der Waals surface area contributed by atoms with Crippen LogP contribution in [0.1, 0.15) is 26.7 Å². The van der Waals surface area contributed by atoms with Crippen LogP contribution in [0.2, 0.25) is 0 Å². The summed E-state index contributed by atoms with van der Waals surface area (Å²) in [4.78, 5) is 26.8. The Labute approximate surface area is 110 Å². The van der Waals surface area contributed by atoms with Crippen molar-refractivity contribution in [2.24, 2.45) is 5.92 Å². The van der Waals surface area contributed by atoms with Crippen LogP contribution in [0.5, 0.6) is 0 Å². The summed E-state index contributed by atoms with van der Waals surface area (Å²) in [6, 6.07) is 0.188. The SMILES string of the molecule is CC(C)N1C[C@H](C(=O)NCCC[NH+](C)C)CC1=O. The number of nitrogens with zero attached hydrogens (tertiary/aromatic N) is 1. The summed E-state index contributed by atoms with van der Waals surface area (Å²) in [6.45, 7) is 6.29. The smallest absolute Gasteiger partial charge is 0.225 e. The maximum Gasteiger partial charge on any atom is 0.225 e. The van der Waals surface area contributed by atoms with Crippen molar-refractivity contribution < 1.29 is 14.5 Å². The Morgan fingerprint density at radius 1 is 1.50 bits per heavy atom. The van der Waals surface area contributed by atoms with E-state index in [0.717, 1.165) is 13.0 Å². The first kappa shape index (κ1) is 15.0. The van der Waals surface area contributed by atoms with Crippen molar-refractivity contribution in [1.82, 2.24) is 10.2 Å². The van der Waals surface area contributed by atoms with Crippen LogP contribution in [0.25, 0.3) is 0 Å². The van der Waals surface area contributed by atoms with E-state index >= 15 is 0 Å². The molecule has 0 unspecified atom stereocenters. The van der Waals surface area contributed by atoms with Crippen LogP contribution in [-0.2, 0) is 9.59 Å². The summed E-state index contributed by atoms with van der Waals surface area (Å²) in [6.07, 6.45) is 1.34. The van der Waals surface area contributed by atoms with Crippen molar-refractivity contribution in [2.75, 3.05) is 33.7 Å². The van der Waals surface area contributed by atoms with E-state index in [1.807, 2.05) is 13.8 Å². The molecule has 0 spiro atoms. The van der Waals surface area contributed by atoms with Gasteiger partial charge in [0.15, 0.2) is 0 Å². The predicted molar refractivity (Wildman–Crippen MR) is 70.3 cm³/mol. The predicted octanol–water partition coefficient (Wildman–Crippen LogP) is -1.11. The molecule has 5 nitrogen and oxygen atoms in total.